The van der Waals surface area contributed by atoms with Gasteiger partial charge in [-0.05, 0) is 51.4 Å². The predicted octanol–water partition coefficient (Wildman–Crippen LogP) is 11.6. The molecule has 2 atom stereocenters. The first-order chi connectivity index (χ1) is 24.6. The third-order valence-corrected chi connectivity index (χ3v) is 9.39. The molecule has 8 nitrogen and oxygen atoms in total. The summed E-state index contributed by atoms with van der Waals surface area (Å²) >= 11 is 0. The second kappa shape index (κ2) is 35.5. The summed E-state index contributed by atoms with van der Waals surface area (Å²) in [6.45, 7) is 5.47. The third-order valence-electron chi connectivity index (χ3n) is 8.40. The molecule has 0 aromatic heterocycles. The molecule has 1 N–H and O–H groups in total. The van der Waals surface area contributed by atoms with Gasteiger partial charge in [-0.1, -0.05) is 146 Å². The van der Waals surface area contributed by atoms with Crippen LogP contribution in [0.25, 0.3) is 0 Å². The van der Waals surface area contributed by atoms with Gasteiger partial charge >= 0.3 is 13.8 Å². The lowest BCUT2D eigenvalue weighted by Gasteiger charge is -2.24. The molecule has 9 heteroatoms. The molecule has 51 heavy (non-hydrogen) atoms. The van der Waals surface area contributed by atoms with Gasteiger partial charge in [-0.3, -0.25) is 13.8 Å². The molecule has 0 heterocycles. The number of carbonyl (C=O) groups excluding carboxylic acids is 1. The van der Waals surface area contributed by atoms with Crippen LogP contribution in [0.4, 0.5) is 0 Å². The largest absolute Gasteiger partial charge is 0.472 e. The maximum atomic E-state index is 12.6. The first-order valence-electron chi connectivity index (χ1n) is 20.4. The number of phosphoric acid groups is 1. The average Bonchev–Trinajstić information content (AvgIpc) is 3.08. The van der Waals surface area contributed by atoms with Gasteiger partial charge in [-0.2, -0.15) is 0 Å². The predicted molar refractivity (Wildman–Crippen MR) is 215 cm³/mol. The molecule has 0 fully saturated rings. The van der Waals surface area contributed by atoms with Crippen molar-refractivity contribution >= 4 is 13.8 Å². The first-order valence-corrected chi connectivity index (χ1v) is 21.9. The Morgan fingerprint density at radius 1 is 0.627 bits per heavy atom. The lowest BCUT2D eigenvalue weighted by Crippen LogP contribution is -2.37. The molecule has 0 bridgehead atoms. The standard InChI is InChI=1S/C42H78NO7P/c1-6-8-10-12-14-16-17-18-19-20-21-22-23-24-25-26-27-28-29-31-33-35-42(44)50-41(39-47-37-34-32-30-15-13-11-9-7-2)40-49-51(45,46)48-38-36-43(3,4)5/h8,10,14,16,18-19,21-22,41H,6-7,9,11-13,15,17,20,23-40H2,1-5H3/p+1/b10-8-,16-14-,19-18-,22-21-. The number of likely N-dealkylation sites (N-methyl/N-ethyl adjacent to an activating group) is 1. The average molecular weight is 741 g/mol. The zero-order valence-corrected chi connectivity index (χ0v) is 34.5. The summed E-state index contributed by atoms with van der Waals surface area (Å²) in [6.07, 6.45) is 41.4. The molecule has 0 aromatic rings. The Bertz CT molecular complexity index is 957. The van der Waals surface area contributed by atoms with Gasteiger partial charge in [0.1, 0.15) is 19.3 Å². The Hall–Kier alpha value is -1.54. The zero-order valence-electron chi connectivity index (χ0n) is 33.6. The third kappa shape index (κ3) is 39.5. The Morgan fingerprint density at radius 2 is 1.14 bits per heavy atom. The number of ether oxygens (including phenoxy) is 2. The van der Waals surface area contributed by atoms with Crippen LogP contribution in [0.2, 0.25) is 0 Å². The van der Waals surface area contributed by atoms with E-state index in [2.05, 4.69) is 62.5 Å². The Labute approximate surface area is 314 Å². The molecule has 0 radical (unpaired) electrons. The highest BCUT2D eigenvalue weighted by Gasteiger charge is 2.26. The molecule has 0 aliphatic rings. The molecular formula is C42H79NO7P+. The number of allylic oxidation sites excluding steroid dienone is 8. The van der Waals surface area contributed by atoms with Gasteiger partial charge in [-0.25, -0.2) is 4.57 Å². The van der Waals surface area contributed by atoms with Gasteiger partial charge in [0, 0.05) is 13.0 Å². The topological polar surface area (TPSA) is 91.3 Å². The van der Waals surface area contributed by atoms with E-state index in [0.717, 1.165) is 64.2 Å². The van der Waals surface area contributed by atoms with Crippen molar-refractivity contribution < 1.29 is 37.3 Å². The first kappa shape index (κ1) is 49.5. The Kier molecular flexibility index (Phi) is 34.4. The van der Waals surface area contributed by atoms with Gasteiger partial charge < -0.3 is 18.9 Å². The summed E-state index contributed by atoms with van der Waals surface area (Å²) in [5, 5.41) is 0. The van der Waals surface area contributed by atoms with E-state index in [4.69, 9.17) is 18.5 Å². The van der Waals surface area contributed by atoms with E-state index in [1.54, 1.807) is 0 Å². The van der Waals surface area contributed by atoms with Crippen LogP contribution >= 0.6 is 7.82 Å². The zero-order chi connectivity index (χ0) is 37.7. The number of nitrogens with zero attached hydrogens (tertiary/aromatic N) is 1. The Balaban J connectivity index is 4.17. The summed E-state index contributed by atoms with van der Waals surface area (Å²) in [7, 11) is 1.66. The van der Waals surface area contributed by atoms with Crippen molar-refractivity contribution in [2.24, 2.45) is 0 Å². The van der Waals surface area contributed by atoms with Gasteiger partial charge in [-0.15, -0.1) is 0 Å². The van der Waals surface area contributed by atoms with Crippen molar-refractivity contribution in [1.82, 2.24) is 0 Å². The molecule has 0 spiro atoms. The number of hydrogen-bond donors (Lipinski definition) is 1. The van der Waals surface area contributed by atoms with Crippen LogP contribution < -0.4 is 0 Å². The SMILES string of the molecule is CC/C=C\C/C=C\C/C=C\C/C=C\CCCCCCCCCCC(=O)OC(COCCCCCCCCCC)COP(=O)(O)OCC[N+](C)(C)C. The molecular weight excluding hydrogens is 661 g/mol. The number of unbranched alkanes of at least 4 members (excludes halogenated alkanes) is 15. The summed E-state index contributed by atoms with van der Waals surface area (Å²) < 4.78 is 34.8. The van der Waals surface area contributed by atoms with Crippen LogP contribution in [0.15, 0.2) is 48.6 Å². The molecule has 0 aliphatic heterocycles. The number of hydrogen-bond acceptors (Lipinski definition) is 6. The van der Waals surface area contributed by atoms with Crippen LogP contribution in [-0.2, 0) is 27.9 Å². The summed E-state index contributed by atoms with van der Waals surface area (Å²) in [4.78, 5) is 22.8. The van der Waals surface area contributed by atoms with E-state index in [1.807, 2.05) is 21.1 Å². The number of quaternary nitrogens is 1. The van der Waals surface area contributed by atoms with E-state index in [9.17, 15) is 14.3 Å². The van der Waals surface area contributed by atoms with E-state index in [0.29, 0.717) is 24.1 Å². The molecule has 298 valence electrons. The second-order valence-corrected chi connectivity index (χ2v) is 16.1. The molecule has 0 aromatic carbocycles. The minimum atomic E-state index is -4.27. The minimum Gasteiger partial charge on any atom is -0.457 e. The van der Waals surface area contributed by atoms with Crippen LogP contribution in [-0.4, -0.2) is 75.6 Å². The van der Waals surface area contributed by atoms with Gasteiger partial charge in [0.25, 0.3) is 0 Å². The quantitative estimate of drug-likeness (QED) is 0.0223. The van der Waals surface area contributed by atoms with Gasteiger partial charge in [0.05, 0.1) is 34.4 Å². The fourth-order valence-electron chi connectivity index (χ4n) is 5.25. The van der Waals surface area contributed by atoms with E-state index in [1.165, 1.54) is 70.6 Å². The number of esters is 1. The van der Waals surface area contributed by atoms with Gasteiger partial charge in [0.2, 0.25) is 0 Å². The summed E-state index contributed by atoms with van der Waals surface area (Å²) in [5.41, 5.74) is 0. The van der Waals surface area contributed by atoms with E-state index in [-0.39, 0.29) is 25.8 Å². The maximum absolute atomic E-state index is 12.6. The lowest BCUT2D eigenvalue weighted by molar-refractivity contribution is -0.870. The van der Waals surface area contributed by atoms with E-state index < -0.39 is 13.9 Å². The van der Waals surface area contributed by atoms with Crippen LogP contribution in [0.3, 0.4) is 0 Å². The van der Waals surface area contributed by atoms with Crippen molar-refractivity contribution in [2.75, 3.05) is 54.1 Å². The highest BCUT2D eigenvalue weighted by atomic mass is 31.2. The number of phosphoric ester groups is 1. The molecule has 0 rings (SSSR count). The minimum absolute atomic E-state index is 0.0860. The van der Waals surface area contributed by atoms with Crippen LogP contribution in [0.1, 0.15) is 155 Å². The number of carbonyl (C=O) groups is 1. The van der Waals surface area contributed by atoms with E-state index >= 15 is 0 Å². The van der Waals surface area contributed by atoms with Crippen LogP contribution in [0.5, 0.6) is 0 Å². The van der Waals surface area contributed by atoms with Crippen molar-refractivity contribution in [3.8, 4) is 0 Å². The molecule has 0 saturated heterocycles. The van der Waals surface area contributed by atoms with Crippen molar-refractivity contribution in [3.05, 3.63) is 48.6 Å². The highest BCUT2D eigenvalue weighted by Crippen LogP contribution is 2.43. The fraction of sp³-hybridized carbons (Fsp3) is 0.786. The van der Waals surface area contributed by atoms with Gasteiger partial charge in [0.15, 0.2) is 0 Å². The second-order valence-electron chi connectivity index (χ2n) is 14.6. The summed E-state index contributed by atoms with van der Waals surface area (Å²) in [6, 6.07) is 0. The monoisotopic (exact) mass is 741 g/mol. The highest BCUT2D eigenvalue weighted by molar-refractivity contribution is 7.47. The van der Waals surface area contributed by atoms with Crippen molar-refractivity contribution in [1.29, 1.82) is 0 Å². The van der Waals surface area contributed by atoms with Crippen LogP contribution in [0, 0.1) is 0 Å². The number of rotatable bonds is 37. The maximum Gasteiger partial charge on any atom is 0.472 e. The smallest absolute Gasteiger partial charge is 0.457 e. The Morgan fingerprint density at radius 3 is 1.71 bits per heavy atom. The molecule has 0 saturated carbocycles. The molecule has 0 aliphatic carbocycles. The summed E-state index contributed by atoms with van der Waals surface area (Å²) in [5.74, 6) is -0.325. The van der Waals surface area contributed by atoms with Crippen molar-refractivity contribution in [3.63, 3.8) is 0 Å². The normalized spacial score (nSPS) is 14.4. The lowest BCUT2D eigenvalue weighted by atomic mass is 10.1. The molecule has 2 unspecified atom stereocenters. The fourth-order valence-corrected chi connectivity index (χ4v) is 5.99. The van der Waals surface area contributed by atoms with Crippen molar-refractivity contribution in [2.45, 2.75) is 161 Å². The molecule has 0 amide bonds.